The van der Waals surface area contributed by atoms with Crippen molar-refractivity contribution in [1.29, 1.82) is 0 Å². The normalized spacial score (nSPS) is 11.3. The Morgan fingerprint density at radius 3 is 2.63 bits per heavy atom. The van der Waals surface area contributed by atoms with Crippen molar-refractivity contribution in [3.63, 3.8) is 0 Å². The van der Waals surface area contributed by atoms with Gasteiger partial charge in [0.1, 0.15) is 17.8 Å². The fourth-order valence-electron chi connectivity index (χ4n) is 2.79. The predicted octanol–water partition coefficient (Wildman–Crippen LogP) is 2.38. The van der Waals surface area contributed by atoms with Gasteiger partial charge in [-0.3, -0.25) is 0 Å². The Labute approximate surface area is 176 Å². The average Bonchev–Trinajstić information content (AvgIpc) is 3.43. The van der Waals surface area contributed by atoms with Gasteiger partial charge in [0, 0.05) is 17.7 Å². The minimum absolute atomic E-state index is 0. The minimum Gasteiger partial charge on any atom is -0.327 e. The summed E-state index contributed by atoms with van der Waals surface area (Å²) in [5.74, 6) is 0.394. The fourth-order valence-corrected chi connectivity index (χ4v) is 2.79. The number of hydrogen-bond acceptors (Lipinski definition) is 7. The van der Waals surface area contributed by atoms with Crippen LogP contribution in [0, 0.1) is 0 Å². The van der Waals surface area contributed by atoms with Crippen LogP contribution in [0.4, 0.5) is 4.39 Å². The topological polar surface area (TPSA) is 118 Å². The molecule has 0 saturated heterocycles. The number of nitrogens with zero attached hydrogens (tertiary/aromatic N) is 6. The third kappa shape index (κ3) is 4.19. The third-order valence-corrected chi connectivity index (χ3v) is 4.30. The Hall–Kier alpha value is -3.63. The summed E-state index contributed by atoms with van der Waals surface area (Å²) in [6.45, 7) is -0.0206. The molecule has 0 unspecified atom stereocenters. The number of pyridine rings is 1. The number of benzene rings is 1. The number of aromatic nitrogens is 6. The lowest BCUT2D eigenvalue weighted by Gasteiger charge is -2.06. The molecule has 154 valence electrons. The Balaban J connectivity index is 0.00000256. The second-order valence-electron chi connectivity index (χ2n) is 6.17. The molecule has 11 heteroatoms. The summed E-state index contributed by atoms with van der Waals surface area (Å²) in [7, 11) is 0. The summed E-state index contributed by atoms with van der Waals surface area (Å²) >= 11 is 0. The molecule has 0 radical (unpaired) electrons. The van der Waals surface area contributed by atoms with E-state index < -0.39 is 5.69 Å². The summed E-state index contributed by atoms with van der Waals surface area (Å²) < 4.78 is 19.8. The Kier molecular flexibility index (Phi) is 6.50. The van der Waals surface area contributed by atoms with Gasteiger partial charge in [-0.25, -0.2) is 28.0 Å². The molecule has 1 aromatic carbocycles. The first-order chi connectivity index (χ1) is 14.2. The van der Waals surface area contributed by atoms with Gasteiger partial charge < -0.3 is 5.73 Å². The van der Waals surface area contributed by atoms with Gasteiger partial charge >= 0.3 is 5.69 Å². The van der Waals surface area contributed by atoms with Crippen LogP contribution < -0.4 is 11.4 Å². The molecule has 4 aromatic rings. The summed E-state index contributed by atoms with van der Waals surface area (Å²) in [6, 6.07) is 12.9. The van der Waals surface area contributed by atoms with E-state index in [-0.39, 0.29) is 31.1 Å². The van der Waals surface area contributed by atoms with Crippen molar-refractivity contribution in [3.8, 4) is 28.3 Å². The molecule has 0 atom stereocenters. The van der Waals surface area contributed by atoms with Crippen molar-refractivity contribution in [2.24, 2.45) is 5.73 Å². The second-order valence-corrected chi connectivity index (χ2v) is 6.17. The summed E-state index contributed by atoms with van der Waals surface area (Å²) in [4.78, 5) is 17.2. The van der Waals surface area contributed by atoms with E-state index in [9.17, 15) is 9.18 Å². The number of nitrogens with two attached hydrogens (primary N) is 1. The Morgan fingerprint density at radius 1 is 1.17 bits per heavy atom. The van der Waals surface area contributed by atoms with Crippen LogP contribution in [-0.2, 0) is 6.54 Å². The van der Waals surface area contributed by atoms with Crippen molar-refractivity contribution in [1.82, 2.24) is 29.6 Å². The highest BCUT2D eigenvalue weighted by Crippen LogP contribution is 2.24. The van der Waals surface area contributed by atoms with E-state index in [2.05, 4.69) is 25.0 Å². The molecule has 0 aliphatic heterocycles. The lowest BCUT2D eigenvalue weighted by Crippen LogP contribution is -2.26. The van der Waals surface area contributed by atoms with Crippen LogP contribution in [0.25, 0.3) is 28.3 Å². The van der Waals surface area contributed by atoms with Crippen molar-refractivity contribution in [2.75, 3.05) is 6.54 Å². The predicted molar refractivity (Wildman–Crippen MR) is 110 cm³/mol. The van der Waals surface area contributed by atoms with E-state index in [0.29, 0.717) is 23.5 Å². The average molecular weight is 430 g/mol. The largest absolute Gasteiger partial charge is 0.351 e. The van der Waals surface area contributed by atoms with Gasteiger partial charge in [0.2, 0.25) is 0 Å². The van der Waals surface area contributed by atoms with Gasteiger partial charge in [-0.1, -0.05) is 29.4 Å². The monoisotopic (exact) mass is 429 g/mol. The Morgan fingerprint density at radius 2 is 1.93 bits per heavy atom. The Bertz CT molecular complexity index is 1220. The van der Waals surface area contributed by atoms with E-state index in [0.717, 1.165) is 15.8 Å². The number of rotatable bonds is 6. The maximum atomic E-state index is 12.8. The van der Waals surface area contributed by atoms with Crippen LogP contribution in [-0.4, -0.2) is 36.2 Å². The molecule has 0 amide bonds. The molecule has 0 fully saturated rings. The first-order valence-corrected chi connectivity index (χ1v) is 8.68. The SMILES string of the molecule is Cl.NC/C(=C\F)Cn1ncn(-c2cccc(-c3cccc(-c4cnon4)c3)n2)c1=O. The number of hydrogen-bond donors (Lipinski definition) is 1. The van der Waals surface area contributed by atoms with Crippen LogP contribution in [0.5, 0.6) is 0 Å². The minimum atomic E-state index is -0.440. The summed E-state index contributed by atoms with van der Waals surface area (Å²) in [6.07, 6.45) is 3.26. The zero-order valence-corrected chi connectivity index (χ0v) is 16.4. The molecule has 0 saturated carbocycles. The van der Waals surface area contributed by atoms with Crippen LogP contribution >= 0.6 is 12.4 Å². The van der Waals surface area contributed by atoms with Crippen LogP contribution in [0.3, 0.4) is 0 Å². The first kappa shape index (κ1) is 21.1. The lowest BCUT2D eigenvalue weighted by atomic mass is 10.1. The third-order valence-electron chi connectivity index (χ3n) is 4.30. The first-order valence-electron chi connectivity index (χ1n) is 8.68. The maximum Gasteiger partial charge on any atom is 0.351 e. The molecule has 4 rings (SSSR count). The van der Waals surface area contributed by atoms with E-state index in [1.807, 2.05) is 30.3 Å². The van der Waals surface area contributed by atoms with E-state index >= 15 is 0 Å². The van der Waals surface area contributed by atoms with Gasteiger partial charge in [-0.05, 0) is 28.9 Å². The highest BCUT2D eigenvalue weighted by atomic mass is 35.5. The van der Waals surface area contributed by atoms with Gasteiger partial charge in [-0.15, -0.1) is 12.4 Å². The van der Waals surface area contributed by atoms with Crippen molar-refractivity contribution < 1.29 is 9.02 Å². The standard InChI is InChI=1S/C19H16FN7O2.ClH/c20-8-13(9-21)11-27-19(28)26(12-22-27)18-6-2-5-16(24-18)14-3-1-4-15(7-14)17-10-23-29-25-17;/h1-8,10,12H,9,11,21H2;1H/b13-8+;. The molecule has 0 spiro atoms. The van der Waals surface area contributed by atoms with Crippen molar-refractivity contribution in [2.45, 2.75) is 6.54 Å². The van der Waals surface area contributed by atoms with Crippen LogP contribution in [0.2, 0.25) is 0 Å². The molecule has 0 aliphatic rings. The van der Waals surface area contributed by atoms with Gasteiger partial charge in [0.25, 0.3) is 0 Å². The summed E-state index contributed by atoms with van der Waals surface area (Å²) in [5, 5.41) is 11.5. The van der Waals surface area contributed by atoms with Crippen molar-refractivity contribution in [3.05, 3.63) is 77.4 Å². The second kappa shape index (κ2) is 9.25. The summed E-state index contributed by atoms with van der Waals surface area (Å²) in [5.41, 5.74) is 8.19. The zero-order valence-electron chi connectivity index (χ0n) is 15.6. The zero-order chi connectivity index (χ0) is 20.2. The fraction of sp³-hybridized carbons (Fsp3) is 0.105. The lowest BCUT2D eigenvalue weighted by molar-refractivity contribution is 0.308. The molecule has 3 aromatic heterocycles. The quantitative estimate of drug-likeness (QED) is 0.500. The van der Waals surface area contributed by atoms with Crippen LogP contribution in [0.15, 0.2) is 76.3 Å². The van der Waals surface area contributed by atoms with Gasteiger partial charge in [0.05, 0.1) is 24.8 Å². The van der Waals surface area contributed by atoms with E-state index in [1.54, 1.807) is 12.1 Å². The smallest absolute Gasteiger partial charge is 0.327 e. The van der Waals surface area contributed by atoms with E-state index in [4.69, 9.17) is 5.73 Å². The molecule has 30 heavy (non-hydrogen) atoms. The highest BCUT2D eigenvalue weighted by molar-refractivity contribution is 5.85. The van der Waals surface area contributed by atoms with Crippen LogP contribution in [0.1, 0.15) is 0 Å². The maximum absolute atomic E-state index is 12.8. The highest BCUT2D eigenvalue weighted by Gasteiger charge is 2.11. The molecular formula is C19H17ClFN7O2. The van der Waals surface area contributed by atoms with Crippen molar-refractivity contribution >= 4 is 12.4 Å². The van der Waals surface area contributed by atoms with Gasteiger partial charge in [0.15, 0.2) is 0 Å². The molecular weight excluding hydrogens is 413 g/mol. The molecule has 2 N–H and O–H groups in total. The molecule has 3 heterocycles. The van der Waals surface area contributed by atoms with Gasteiger partial charge in [-0.2, -0.15) is 5.10 Å². The van der Waals surface area contributed by atoms with E-state index in [1.165, 1.54) is 17.1 Å². The molecule has 9 nitrogen and oxygen atoms in total. The molecule has 0 bridgehead atoms. The molecule has 0 aliphatic carbocycles. The number of halogens is 2.